The van der Waals surface area contributed by atoms with Gasteiger partial charge in [0.05, 0.1) is 12.7 Å². The van der Waals surface area contributed by atoms with Crippen LogP contribution < -0.4 is 10.1 Å². The summed E-state index contributed by atoms with van der Waals surface area (Å²) in [5.41, 5.74) is 2.78. The molecule has 1 heterocycles. The number of ketones is 1. The van der Waals surface area contributed by atoms with Gasteiger partial charge in [-0.15, -0.1) is 11.3 Å². The van der Waals surface area contributed by atoms with E-state index in [0.29, 0.717) is 33.3 Å². The Morgan fingerprint density at radius 3 is 2.43 bits per heavy atom. The molecule has 6 heteroatoms. The minimum atomic E-state index is -0.336. The number of thiazole rings is 1. The average molecular weight is 414 g/mol. The van der Waals surface area contributed by atoms with Crippen LogP contribution in [-0.4, -0.2) is 23.8 Å². The van der Waals surface area contributed by atoms with Crippen LogP contribution in [0.15, 0.2) is 84.2 Å². The third-order valence-corrected chi connectivity index (χ3v) is 5.37. The molecule has 4 rings (SSSR count). The Bertz CT molecular complexity index is 1200. The Balaban J connectivity index is 1.52. The van der Waals surface area contributed by atoms with Crippen LogP contribution in [0.4, 0.5) is 5.69 Å². The van der Waals surface area contributed by atoms with E-state index in [4.69, 9.17) is 4.74 Å². The number of rotatable bonds is 6. The molecular formula is C24H18N2O3S. The van der Waals surface area contributed by atoms with E-state index >= 15 is 0 Å². The van der Waals surface area contributed by atoms with E-state index in [1.807, 2.05) is 42.5 Å². The molecule has 0 aliphatic carbocycles. The first-order chi connectivity index (χ1) is 14.7. The zero-order valence-electron chi connectivity index (χ0n) is 16.2. The number of hydrogen-bond acceptors (Lipinski definition) is 5. The van der Waals surface area contributed by atoms with Crippen molar-refractivity contribution >= 4 is 28.7 Å². The third kappa shape index (κ3) is 4.14. The maximum atomic E-state index is 12.7. The molecule has 30 heavy (non-hydrogen) atoms. The number of ether oxygens (including phenoxy) is 1. The Hall–Kier alpha value is -3.77. The van der Waals surface area contributed by atoms with Crippen molar-refractivity contribution in [1.29, 1.82) is 0 Å². The molecule has 0 aliphatic rings. The first kappa shape index (κ1) is 19.5. The Kier molecular flexibility index (Phi) is 5.68. The first-order valence-corrected chi connectivity index (χ1v) is 10.1. The maximum absolute atomic E-state index is 12.7. The van der Waals surface area contributed by atoms with Gasteiger partial charge in [-0.05, 0) is 24.3 Å². The van der Waals surface area contributed by atoms with Gasteiger partial charge < -0.3 is 10.1 Å². The highest BCUT2D eigenvalue weighted by molar-refractivity contribution is 7.13. The van der Waals surface area contributed by atoms with Crippen LogP contribution in [0.1, 0.15) is 26.4 Å². The van der Waals surface area contributed by atoms with E-state index in [-0.39, 0.29) is 11.7 Å². The number of amides is 1. The molecule has 5 nitrogen and oxygen atoms in total. The van der Waals surface area contributed by atoms with E-state index < -0.39 is 0 Å². The van der Waals surface area contributed by atoms with Gasteiger partial charge in [0.25, 0.3) is 5.91 Å². The number of hydrogen-bond donors (Lipinski definition) is 1. The smallest absolute Gasteiger partial charge is 0.275 e. The number of para-hydroxylation sites is 1. The maximum Gasteiger partial charge on any atom is 0.275 e. The summed E-state index contributed by atoms with van der Waals surface area (Å²) in [5, 5.41) is 5.22. The molecule has 1 N–H and O–H groups in total. The second-order valence-corrected chi connectivity index (χ2v) is 7.33. The molecule has 0 radical (unpaired) electrons. The highest BCUT2D eigenvalue weighted by atomic mass is 32.1. The monoisotopic (exact) mass is 414 g/mol. The molecule has 1 aromatic heterocycles. The fourth-order valence-corrected chi connectivity index (χ4v) is 3.84. The van der Waals surface area contributed by atoms with Gasteiger partial charge in [-0.3, -0.25) is 9.59 Å². The molecule has 0 saturated heterocycles. The number of carbonyl (C=O) groups is 2. The zero-order valence-corrected chi connectivity index (χ0v) is 17.0. The van der Waals surface area contributed by atoms with E-state index in [1.54, 1.807) is 48.9 Å². The number of anilines is 1. The van der Waals surface area contributed by atoms with Gasteiger partial charge in [0.15, 0.2) is 5.78 Å². The number of benzene rings is 3. The molecule has 1 amide bonds. The fraction of sp³-hybridized carbons (Fsp3) is 0.0417. The molecule has 4 aromatic rings. The van der Waals surface area contributed by atoms with Gasteiger partial charge in [0.2, 0.25) is 0 Å². The SMILES string of the molecule is COc1ccccc1-c1nc(C(=O)Nc2cccc(C(=O)c3ccccc3)c2)cs1. The number of methoxy groups -OCH3 is 1. The van der Waals surface area contributed by atoms with Crippen LogP contribution in [0.3, 0.4) is 0 Å². The van der Waals surface area contributed by atoms with Gasteiger partial charge >= 0.3 is 0 Å². The van der Waals surface area contributed by atoms with Crippen molar-refractivity contribution in [1.82, 2.24) is 4.98 Å². The standard InChI is InChI=1S/C24H18N2O3S/c1-29-21-13-6-5-12-19(21)24-26-20(15-30-24)23(28)25-18-11-7-10-17(14-18)22(27)16-8-3-2-4-9-16/h2-15H,1H3,(H,25,28). The van der Waals surface area contributed by atoms with Crippen molar-refractivity contribution in [2.45, 2.75) is 0 Å². The molecule has 0 bridgehead atoms. The second kappa shape index (κ2) is 8.71. The Morgan fingerprint density at radius 2 is 1.63 bits per heavy atom. The molecule has 0 unspecified atom stereocenters. The van der Waals surface area contributed by atoms with Crippen molar-refractivity contribution in [2.24, 2.45) is 0 Å². The molecule has 0 atom stereocenters. The molecular weight excluding hydrogens is 396 g/mol. The summed E-state index contributed by atoms with van der Waals surface area (Å²) in [6.07, 6.45) is 0. The summed E-state index contributed by atoms with van der Waals surface area (Å²) in [6, 6.07) is 23.5. The highest BCUT2D eigenvalue weighted by Gasteiger charge is 2.15. The summed E-state index contributed by atoms with van der Waals surface area (Å²) in [5.74, 6) is 0.265. The minimum absolute atomic E-state index is 0.0983. The molecule has 0 fully saturated rings. The van der Waals surface area contributed by atoms with E-state index in [2.05, 4.69) is 10.3 Å². The van der Waals surface area contributed by atoms with Gasteiger partial charge in [-0.2, -0.15) is 0 Å². The van der Waals surface area contributed by atoms with E-state index in [9.17, 15) is 9.59 Å². The predicted octanol–water partition coefficient (Wildman–Crippen LogP) is 5.30. The first-order valence-electron chi connectivity index (χ1n) is 9.26. The van der Waals surface area contributed by atoms with Gasteiger partial charge in [-0.1, -0.05) is 54.6 Å². The normalized spacial score (nSPS) is 10.4. The third-order valence-electron chi connectivity index (χ3n) is 4.49. The fourth-order valence-electron chi connectivity index (χ4n) is 3.01. The molecule has 148 valence electrons. The molecule has 3 aromatic carbocycles. The summed E-state index contributed by atoms with van der Waals surface area (Å²) in [6.45, 7) is 0. The summed E-state index contributed by atoms with van der Waals surface area (Å²) in [4.78, 5) is 29.8. The lowest BCUT2D eigenvalue weighted by molar-refractivity contribution is 0.101. The molecule has 0 saturated carbocycles. The summed E-state index contributed by atoms with van der Waals surface area (Å²) < 4.78 is 5.37. The van der Waals surface area contributed by atoms with Crippen LogP contribution in [0.2, 0.25) is 0 Å². The predicted molar refractivity (Wildman–Crippen MR) is 118 cm³/mol. The summed E-state index contributed by atoms with van der Waals surface area (Å²) in [7, 11) is 1.60. The quantitative estimate of drug-likeness (QED) is 0.435. The number of nitrogens with one attached hydrogen (secondary N) is 1. The van der Waals surface area contributed by atoms with Crippen LogP contribution >= 0.6 is 11.3 Å². The minimum Gasteiger partial charge on any atom is -0.496 e. The Morgan fingerprint density at radius 1 is 0.900 bits per heavy atom. The summed E-state index contributed by atoms with van der Waals surface area (Å²) >= 11 is 1.37. The molecule has 0 aliphatic heterocycles. The lowest BCUT2D eigenvalue weighted by Crippen LogP contribution is -2.13. The van der Waals surface area contributed by atoms with Crippen molar-refractivity contribution in [3.05, 3.63) is 101 Å². The van der Waals surface area contributed by atoms with Gasteiger partial charge in [-0.25, -0.2) is 4.98 Å². The number of aromatic nitrogens is 1. The average Bonchev–Trinajstić information content (AvgIpc) is 3.29. The van der Waals surface area contributed by atoms with Crippen LogP contribution in [0.25, 0.3) is 10.6 Å². The van der Waals surface area contributed by atoms with E-state index in [0.717, 1.165) is 5.56 Å². The van der Waals surface area contributed by atoms with Crippen molar-refractivity contribution < 1.29 is 14.3 Å². The van der Waals surface area contributed by atoms with Crippen LogP contribution in [0.5, 0.6) is 5.75 Å². The number of nitrogens with zero attached hydrogens (tertiary/aromatic N) is 1. The van der Waals surface area contributed by atoms with Crippen molar-refractivity contribution in [2.75, 3.05) is 12.4 Å². The largest absolute Gasteiger partial charge is 0.496 e. The second-order valence-electron chi connectivity index (χ2n) is 6.47. The number of carbonyl (C=O) groups excluding carboxylic acids is 2. The van der Waals surface area contributed by atoms with Crippen LogP contribution in [-0.2, 0) is 0 Å². The Labute approximate surface area is 178 Å². The lowest BCUT2D eigenvalue weighted by atomic mass is 10.0. The van der Waals surface area contributed by atoms with Crippen LogP contribution in [0, 0.1) is 0 Å². The zero-order chi connectivity index (χ0) is 20.9. The van der Waals surface area contributed by atoms with Crippen molar-refractivity contribution in [3.8, 4) is 16.3 Å². The highest BCUT2D eigenvalue weighted by Crippen LogP contribution is 2.32. The van der Waals surface area contributed by atoms with E-state index in [1.165, 1.54) is 11.3 Å². The molecule has 0 spiro atoms. The topological polar surface area (TPSA) is 68.3 Å². The van der Waals surface area contributed by atoms with Crippen molar-refractivity contribution in [3.63, 3.8) is 0 Å². The lowest BCUT2D eigenvalue weighted by Gasteiger charge is -2.06. The van der Waals surface area contributed by atoms with Gasteiger partial charge in [0, 0.05) is 22.2 Å². The van der Waals surface area contributed by atoms with Gasteiger partial charge in [0.1, 0.15) is 16.5 Å².